The van der Waals surface area contributed by atoms with Crippen LogP contribution >= 0.6 is 11.6 Å². The van der Waals surface area contributed by atoms with Crippen LogP contribution in [0.15, 0.2) is 29.1 Å². The van der Waals surface area contributed by atoms with Crippen LogP contribution < -0.4 is 16.0 Å². The van der Waals surface area contributed by atoms with Crippen LogP contribution in [0, 0.1) is 0 Å². The van der Waals surface area contributed by atoms with E-state index in [2.05, 4.69) is 9.97 Å². The van der Waals surface area contributed by atoms with Crippen molar-refractivity contribution < 1.29 is 4.74 Å². The summed E-state index contributed by atoms with van der Waals surface area (Å²) in [5.41, 5.74) is 5.91. The van der Waals surface area contributed by atoms with Crippen molar-refractivity contribution in [2.75, 3.05) is 5.73 Å². The van der Waals surface area contributed by atoms with Gasteiger partial charge in [0.2, 0.25) is 5.88 Å². The number of nitrogens with one attached hydrogen (secondary N) is 1. The van der Waals surface area contributed by atoms with E-state index in [4.69, 9.17) is 22.1 Å². The summed E-state index contributed by atoms with van der Waals surface area (Å²) in [6.45, 7) is 3.85. The number of H-pyrrole nitrogens is 1. The fourth-order valence-corrected chi connectivity index (χ4v) is 1.65. The zero-order valence-corrected chi connectivity index (χ0v) is 11.4. The second-order valence-corrected chi connectivity index (χ2v) is 4.82. The molecule has 0 saturated heterocycles. The number of halogens is 1. The Kier molecular flexibility index (Phi) is 3.76. The minimum Gasteiger partial charge on any atom is -0.437 e. The minimum atomic E-state index is -0.270. The molecule has 1 aromatic heterocycles. The maximum atomic E-state index is 11.5. The van der Waals surface area contributed by atoms with Gasteiger partial charge < -0.3 is 15.5 Å². The van der Waals surface area contributed by atoms with Crippen molar-refractivity contribution >= 4 is 17.3 Å². The molecular weight excluding hydrogens is 266 g/mol. The van der Waals surface area contributed by atoms with Crippen LogP contribution in [0.25, 0.3) is 0 Å². The van der Waals surface area contributed by atoms with E-state index in [-0.39, 0.29) is 17.4 Å². The summed E-state index contributed by atoms with van der Waals surface area (Å²) in [5.74, 6) is 1.21. The first kappa shape index (κ1) is 13.4. The maximum Gasteiger partial charge on any atom is 0.254 e. The maximum absolute atomic E-state index is 11.5. The predicted molar refractivity (Wildman–Crippen MR) is 74.9 cm³/mol. The van der Waals surface area contributed by atoms with E-state index in [1.807, 2.05) is 13.8 Å². The molecule has 100 valence electrons. The molecule has 5 nitrogen and oxygen atoms in total. The number of aromatic amines is 1. The quantitative estimate of drug-likeness (QED) is 0.847. The molecule has 6 heteroatoms. The highest BCUT2D eigenvalue weighted by atomic mass is 35.5. The Morgan fingerprint density at radius 2 is 2.11 bits per heavy atom. The van der Waals surface area contributed by atoms with Crippen LogP contribution in [0.5, 0.6) is 11.6 Å². The number of hydrogen-bond donors (Lipinski definition) is 2. The molecular formula is C13H14ClN3O2. The number of anilines is 1. The fourth-order valence-electron chi connectivity index (χ4n) is 1.49. The Balaban J connectivity index is 2.38. The number of nitrogens with two attached hydrogens (primary N) is 1. The van der Waals surface area contributed by atoms with Crippen LogP contribution in [-0.2, 0) is 0 Å². The van der Waals surface area contributed by atoms with Gasteiger partial charge in [-0.2, -0.15) is 4.98 Å². The molecule has 19 heavy (non-hydrogen) atoms. The lowest BCUT2D eigenvalue weighted by molar-refractivity contribution is 0.456. The van der Waals surface area contributed by atoms with E-state index >= 15 is 0 Å². The first-order valence-corrected chi connectivity index (χ1v) is 6.17. The molecule has 0 spiro atoms. The summed E-state index contributed by atoms with van der Waals surface area (Å²) in [7, 11) is 0. The van der Waals surface area contributed by atoms with Crippen LogP contribution in [-0.4, -0.2) is 9.97 Å². The Morgan fingerprint density at radius 1 is 1.37 bits per heavy atom. The van der Waals surface area contributed by atoms with Gasteiger partial charge in [0, 0.05) is 17.7 Å². The summed E-state index contributed by atoms with van der Waals surface area (Å²) >= 11 is 5.99. The zero-order chi connectivity index (χ0) is 14.0. The zero-order valence-electron chi connectivity index (χ0n) is 10.6. The molecule has 2 rings (SSSR count). The third-order valence-electron chi connectivity index (χ3n) is 2.45. The van der Waals surface area contributed by atoms with Crippen molar-refractivity contribution in [3.63, 3.8) is 0 Å². The van der Waals surface area contributed by atoms with Gasteiger partial charge in [0.1, 0.15) is 11.6 Å². The highest BCUT2D eigenvalue weighted by Crippen LogP contribution is 2.30. The number of benzene rings is 1. The third kappa shape index (κ3) is 3.26. The molecule has 1 heterocycles. The van der Waals surface area contributed by atoms with Gasteiger partial charge in [-0.1, -0.05) is 25.4 Å². The van der Waals surface area contributed by atoms with Crippen molar-refractivity contribution in [2.45, 2.75) is 19.8 Å². The first-order chi connectivity index (χ1) is 8.95. The van der Waals surface area contributed by atoms with E-state index in [0.717, 1.165) is 0 Å². The molecule has 0 radical (unpaired) electrons. The molecule has 3 N–H and O–H groups in total. The van der Waals surface area contributed by atoms with Gasteiger partial charge >= 0.3 is 0 Å². The standard InChI is InChI=1S/C13H14ClN3O2/c1-7(2)13-16-11(18)6-12(17-13)19-10-5-8(15)3-4-9(10)14/h3-7H,15H2,1-2H3,(H,16,17,18). The number of nitrogen functional groups attached to an aromatic ring is 1. The molecule has 0 aliphatic carbocycles. The first-order valence-electron chi connectivity index (χ1n) is 5.80. The van der Waals surface area contributed by atoms with Gasteiger partial charge in [-0.05, 0) is 12.1 Å². The summed E-state index contributed by atoms with van der Waals surface area (Å²) in [6.07, 6.45) is 0. The van der Waals surface area contributed by atoms with Crippen LogP contribution in [0.2, 0.25) is 5.02 Å². The van der Waals surface area contributed by atoms with Crippen molar-refractivity contribution in [3.05, 3.63) is 45.5 Å². The fraction of sp³-hybridized carbons (Fsp3) is 0.231. The Labute approximate surface area is 115 Å². The normalized spacial score (nSPS) is 10.7. The molecule has 0 aliphatic rings. The van der Waals surface area contributed by atoms with E-state index < -0.39 is 0 Å². The lowest BCUT2D eigenvalue weighted by Crippen LogP contribution is -2.12. The van der Waals surface area contributed by atoms with E-state index in [1.54, 1.807) is 18.2 Å². The van der Waals surface area contributed by atoms with Gasteiger partial charge in [-0.25, -0.2) is 0 Å². The number of hydrogen-bond acceptors (Lipinski definition) is 4. The molecule has 0 fully saturated rings. The molecule has 2 aromatic rings. The van der Waals surface area contributed by atoms with Crippen LogP contribution in [0.4, 0.5) is 5.69 Å². The second kappa shape index (κ2) is 5.32. The highest BCUT2D eigenvalue weighted by Gasteiger charge is 2.09. The molecule has 0 atom stereocenters. The average molecular weight is 280 g/mol. The average Bonchev–Trinajstić information content (AvgIpc) is 2.33. The second-order valence-electron chi connectivity index (χ2n) is 4.42. The molecule has 0 amide bonds. The molecule has 1 aromatic carbocycles. The van der Waals surface area contributed by atoms with Crippen molar-refractivity contribution in [3.8, 4) is 11.6 Å². The molecule has 0 bridgehead atoms. The number of aromatic nitrogens is 2. The van der Waals surface area contributed by atoms with Crippen LogP contribution in [0.1, 0.15) is 25.6 Å². The minimum absolute atomic E-state index is 0.0903. The van der Waals surface area contributed by atoms with E-state index in [1.165, 1.54) is 6.07 Å². The lowest BCUT2D eigenvalue weighted by atomic mass is 10.2. The highest BCUT2D eigenvalue weighted by molar-refractivity contribution is 6.32. The summed E-state index contributed by atoms with van der Waals surface area (Å²) in [4.78, 5) is 18.4. The lowest BCUT2D eigenvalue weighted by Gasteiger charge is -2.09. The van der Waals surface area contributed by atoms with Gasteiger partial charge in [-0.15, -0.1) is 0 Å². The van der Waals surface area contributed by atoms with Gasteiger partial charge in [-0.3, -0.25) is 4.79 Å². The van der Waals surface area contributed by atoms with E-state index in [0.29, 0.717) is 22.3 Å². The Hall–Kier alpha value is -2.01. The topological polar surface area (TPSA) is 81.0 Å². The predicted octanol–water partition coefficient (Wildman–Crippen LogP) is 2.92. The van der Waals surface area contributed by atoms with Gasteiger partial charge in [0.05, 0.1) is 11.1 Å². The summed E-state index contributed by atoms with van der Waals surface area (Å²) in [5, 5.41) is 0.405. The smallest absolute Gasteiger partial charge is 0.254 e. The molecule has 0 saturated carbocycles. The summed E-state index contributed by atoms with van der Waals surface area (Å²) < 4.78 is 5.52. The van der Waals surface area contributed by atoms with Crippen molar-refractivity contribution in [1.82, 2.24) is 9.97 Å². The van der Waals surface area contributed by atoms with Crippen molar-refractivity contribution in [2.24, 2.45) is 0 Å². The van der Waals surface area contributed by atoms with Crippen molar-refractivity contribution in [1.29, 1.82) is 0 Å². The number of nitrogens with zero attached hydrogens (tertiary/aromatic N) is 1. The number of rotatable bonds is 3. The van der Waals surface area contributed by atoms with Gasteiger partial charge in [0.25, 0.3) is 5.56 Å². The van der Waals surface area contributed by atoms with E-state index in [9.17, 15) is 4.79 Å². The molecule has 0 aliphatic heterocycles. The largest absolute Gasteiger partial charge is 0.437 e. The van der Waals surface area contributed by atoms with Crippen LogP contribution in [0.3, 0.4) is 0 Å². The SMILES string of the molecule is CC(C)c1nc(Oc2cc(N)ccc2Cl)cc(=O)[nH]1. The third-order valence-corrected chi connectivity index (χ3v) is 2.77. The summed E-state index contributed by atoms with van der Waals surface area (Å²) in [6, 6.07) is 6.15. The Morgan fingerprint density at radius 3 is 2.79 bits per heavy atom. The number of ether oxygens (including phenoxy) is 1. The Bertz CT molecular complexity index is 653. The molecule has 0 unspecified atom stereocenters. The van der Waals surface area contributed by atoms with Gasteiger partial charge in [0.15, 0.2) is 0 Å². The monoisotopic (exact) mass is 279 g/mol.